The quantitative estimate of drug-likeness (QED) is 0.316. The second-order valence-electron chi connectivity index (χ2n) is 8.31. The molecule has 0 saturated carbocycles. The van der Waals surface area contributed by atoms with Crippen LogP contribution in [0.15, 0.2) is 65.6 Å². The lowest BCUT2D eigenvalue weighted by molar-refractivity contribution is 0.324. The lowest BCUT2D eigenvalue weighted by Crippen LogP contribution is -2.28. The molecule has 0 fully saturated rings. The van der Waals surface area contributed by atoms with Crippen molar-refractivity contribution >= 4 is 32.5 Å². The van der Waals surface area contributed by atoms with E-state index in [9.17, 15) is 8.42 Å². The van der Waals surface area contributed by atoms with Crippen molar-refractivity contribution in [3.8, 4) is 28.6 Å². The van der Waals surface area contributed by atoms with Crippen LogP contribution in [0.5, 0.6) is 17.2 Å². The third kappa shape index (κ3) is 3.97. The summed E-state index contributed by atoms with van der Waals surface area (Å²) in [6.07, 6.45) is 0. The van der Waals surface area contributed by atoms with Gasteiger partial charge in [-0.15, -0.1) is 10.2 Å². The van der Waals surface area contributed by atoms with Crippen LogP contribution >= 0.6 is 0 Å². The zero-order valence-corrected chi connectivity index (χ0v) is 21.8. The number of anilines is 1. The van der Waals surface area contributed by atoms with Gasteiger partial charge in [0.05, 0.1) is 37.3 Å². The van der Waals surface area contributed by atoms with E-state index in [2.05, 4.69) is 15.2 Å². The van der Waals surface area contributed by atoms with Crippen LogP contribution in [0.2, 0.25) is 0 Å². The fraction of sp³-hybridized carbons (Fsp3) is 0.192. The lowest BCUT2D eigenvalue weighted by atomic mass is 10.1. The van der Waals surface area contributed by atoms with Crippen LogP contribution in [0.3, 0.4) is 0 Å². The van der Waals surface area contributed by atoms with E-state index in [-0.39, 0.29) is 16.4 Å². The van der Waals surface area contributed by atoms with Gasteiger partial charge in [-0.1, -0.05) is 29.8 Å². The van der Waals surface area contributed by atoms with E-state index < -0.39 is 10.0 Å². The highest BCUT2D eigenvalue weighted by molar-refractivity contribution is 7.92. The molecule has 3 aromatic carbocycles. The van der Waals surface area contributed by atoms with E-state index in [1.165, 1.54) is 28.4 Å². The molecule has 190 valence electrons. The monoisotopic (exact) mass is 519 g/mol. The largest absolute Gasteiger partial charge is 0.493 e. The van der Waals surface area contributed by atoms with Crippen LogP contribution in [0.25, 0.3) is 28.1 Å². The Morgan fingerprint density at radius 1 is 0.865 bits per heavy atom. The number of ether oxygens (including phenoxy) is 3. The molecular weight excluding hydrogens is 494 g/mol. The van der Waals surface area contributed by atoms with Crippen LogP contribution in [0.1, 0.15) is 5.56 Å². The Bertz CT molecular complexity index is 1710. The molecule has 10 nitrogen and oxygen atoms in total. The Morgan fingerprint density at radius 3 is 2.14 bits per heavy atom. The molecule has 0 spiro atoms. The van der Waals surface area contributed by atoms with Gasteiger partial charge in [0.15, 0.2) is 23.1 Å². The number of rotatable bonds is 7. The molecule has 0 atom stereocenters. The second kappa shape index (κ2) is 9.25. The summed E-state index contributed by atoms with van der Waals surface area (Å²) in [6.45, 7) is 1.90. The molecule has 0 aliphatic carbocycles. The number of nitrogens with zero attached hydrogens (tertiary/aromatic N) is 5. The molecule has 0 aliphatic rings. The van der Waals surface area contributed by atoms with E-state index in [4.69, 9.17) is 14.2 Å². The summed E-state index contributed by atoms with van der Waals surface area (Å²) < 4.78 is 46.4. The topological polar surface area (TPSA) is 108 Å². The molecule has 0 saturated heterocycles. The van der Waals surface area contributed by atoms with Crippen molar-refractivity contribution < 1.29 is 22.6 Å². The summed E-state index contributed by atoms with van der Waals surface area (Å²) in [5.41, 5.74) is 3.15. The average Bonchev–Trinajstić information content (AvgIpc) is 3.37. The molecule has 0 amide bonds. The Morgan fingerprint density at radius 2 is 1.51 bits per heavy atom. The van der Waals surface area contributed by atoms with Gasteiger partial charge in [0, 0.05) is 12.6 Å². The van der Waals surface area contributed by atoms with Gasteiger partial charge >= 0.3 is 0 Å². The van der Waals surface area contributed by atoms with Crippen LogP contribution in [-0.2, 0) is 10.0 Å². The Kier molecular flexibility index (Phi) is 6.08. The summed E-state index contributed by atoms with van der Waals surface area (Å²) in [4.78, 5) is 4.82. The highest BCUT2D eigenvalue weighted by Gasteiger charge is 2.28. The fourth-order valence-electron chi connectivity index (χ4n) is 4.16. The maximum atomic E-state index is 13.5. The molecule has 0 unspecified atom stereocenters. The molecule has 5 aromatic rings. The van der Waals surface area contributed by atoms with Gasteiger partial charge in [-0.2, -0.15) is 0 Å². The Hall–Kier alpha value is -4.38. The number of benzene rings is 3. The van der Waals surface area contributed by atoms with Crippen molar-refractivity contribution in [2.24, 2.45) is 0 Å². The number of hydrogen-bond acceptors (Lipinski definition) is 8. The molecule has 0 N–H and O–H groups in total. The predicted octanol–water partition coefficient (Wildman–Crippen LogP) is 4.10. The summed E-state index contributed by atoms with van der Waals surface area (Å²) in [7, 11) is 2.13. The summed E-state index contributed by atoms with van der Waals surface area (Å²) in [6, 6.07) is 17.6. The standard InChI is InChI=1S/C26H25N5O5S/c1-16-10-12-18(13-11-16)37(32,33)30(2)25-26-29-28-24(31(26)20-9-7-6-8-19(20)27-25)17-14-21(34-3)23(36-5)22(15-17)35-4/h6-15H,1-5H3. The SMILES string of the molecule is COc1cc(-c2nnc3c(N(C)S(=O)(=O)c4ccc(C)cc4)nc4ccccc4n23)cc(OC)c1OC. The van der Waals surface area contributed by atoms with E-state index in [1.54, 1.807) is 40.8 Å². The Balaban J connectivity index is 1.77. The second-order valence-corrected chi connectivity index (χ2v) is 10.3. The smallest absolute Gasteiger partial charge is 0.265 e. The molecule has 2 heterocycles. The molecular formula is C26H25N5O5S. The van der Waals surface area contributed by atoms with Crippen molar-refractivity contribution in [3.63, 3.8) is 0 Å². The molecule has 37 heavy (non-hydrogen) atoms. The minimum absolute atomic E-state index is 0.144. The predicted molar refractivity (Wildman–Crippen MR) is 140 cm³/mol. The average molecular weight is 520 g/mol. The molecule has 11 heteroatoms. The van der Waals surface area contributed by atoms with Crippen LogP contribution in [-0.4, -0.2) is 56.4 Å². The highest BCUT2D eigenvalue weighted by Crippen LogP contribution is 2.41. The first-order valence-electron chi connectivity index (χ1n) is 11.3. The van der Waals surface area contributed by atoms with Gasteiger partial charge in [-0.25, -0.2) is 17.7 Å². The van der Waals surface area contributed by atoms with Crippen molar-refractivity contribution in [2.45, 2.75) is 11.8 Å². The fourth-order valence-corrected chi connectivity index (χ4v) is 5.31. The van der Waals surface area contributed by atoms with Gasteiger partial charge in [0.1, 0.15) is 0 Å². The molecule has 0 aliphatic heterocycles. The lowest BCUT2D eigenvalue weighted by Gasteiger charge is -2.20. The Labute approximate surface area is 214 Å². The summed E-state index contributed by atoms with van der Waals surface area (Å²) >= 11 is 0. The third-order valence-corrected chi connectivity index (χ3v) is 7.87. The molecule has 5 rings (SSSR count). The maximum absolute atomic E-state index is 13.5. The summed E-state index contributed by atoms with van der Waals surface area (Å²) in [5.74, 6) is 1.94. The number of fused-ring (bicyclic) bond motifs is 3. The zero-order valence-electron chi connectivity index (χ0n) is 21.0. The molecule has 2 aromatic heterocycles. The number of para-hydroxylation sites is 2. The van der Waals surface area contributed by atoms with Crippen LogP contribution in [0, 0.1) is 6.92 Å². The van der Waals surface area contributed by atoms with Gasteiger partial charge in [-0.3, -0.25) is 4.40 Å². The van der Waals surface area contributed by atoms with Crippen molar-refractivity contribution in [2.75, 3.05) is 32.7 Å². The minimum atomic E-state index is -3.92. The first-order valence-corrected chi connectivity index (χ1v) is 12.7. The molecule has 0 bridgehead atoms. The van der Waals surface area contributed by atoms with Gasteiger partial charge in [0.2, 0.25) is 11.4 Å². The van der Waals surface area contributed by atoms with E-state index in [0.717, 1.165) is 9.87 Å². The number of hydrogen-bond donors (Lipinski definition) is 0. The first kappa shape index (κ1) is 24.3. The number of aryl methyl sites for hydroxylation is 1. The van der Waals surface area contributed by atoms with Crippen LogP contribution < -0.4 is 18.5 Å². The van der Waals surface area contributed by atoms with E-state index >= 15 is 0 Å². The number of methoxy groups -OCH3 is 3. The van der Waals surface area contributed by atoms with Crippen LogP contribution in [0.4, 0.5) is 5.82 Å². The van der Waals surface area contributed by atoms with Crippen molar-refractivity contribution in [1.29, 1.82) is 0 Å². The van der Waals surface area contributed by atoms with Gasteiger partial charge in [0.25, 0.3) is 10.0 Å². The van der Waals surface area contributed by atoms with Crippen molar-refractivity contribution in [1.82, 2.24) is 19.6 Å². The zero-order chi connectivity index (χ0) is 26.3. The van der Waals surface area contributed by atoms with E-state index in [1.807, 2.05) is 31.2 Å². The minimum Gasteiger partial charge on any atom is -0.493 e. The van der Waals surface area contributed by atoms with Gasteiger partial charge in [-0.05, 0) is 43.3 Å². The van der Waals surface area contributed by atoms with Crippen molar-refractivity contribution in [3.05, 3.63) is 66.2 Å². The first-order chi connectivity index (χ1) is 17.8. The normalized spacial score (nSPS) is 11.6. The third-order valence-electron chi connectivity index (χ3n) is 6.11. The highest BCUT2D eigenvalue weighted by atomic mass is 32.2. The van der Waals surface area contributed by atoms with Gasteiger partial charge < -0.3 is 14.2 Å². The number of sulfonamides is 1. The summed E-state index contributed by atoms with van der Waals surface area (Å²) in [5, 5.41) is 8.80. The molecule has 0 radical (unpaired) electrons. The maximum Gasteiger partial charge on any atom is 0.265 e. The van der Waals surface area contributed by atoms with E-state index in [0.29, 0.717) is 39.7 Å². The number of aromatic nitrogens is 4.